The number of anilines is 1. The van der Waals surface area contributed by atoms with Crippen molar-refractivity contribution in [3.05, 3.63) is 39.9 Å². The van der Waals surface area contributed by atoms with Crippen LogP contribution in [0.25, 0.3) is 0 Å². The molecule has 0 atom stereocenters. The van der Waals surface area contributed by atoms with E-state index in [1.54, 1.807) is 23.0 Å². The van der Waals surface area contributed by atoms with Crippen LogP contribution in [-0.2, 0) is 7.05 Å². The number of aromatic nitrogens is 3. The Labute approximate surface area is 113 Å². The third kappa shape index (κ3) is 2.43. The van der Waals surface area contributed by atoms with E-state index in [9.17, 15) is 4.79 Å². The lowest BCUT2D eigenvalue weighted by atomic mass is 10.3. The Bertz CT molecular complexity index is 589. The zero-order valence-corrected chi connectivity index (χ0v) is 11.9. The number of amides is 1. The molecule has 2 aromatic heterocycles. The standard InChI is InChI=1S/C12H13BrN4O/c1-7-11(8(2)17(3)16-7)15-12(18)10-5-4-9(13)6-14-10/h4-6H,1-3H3,(H,15,18). The fourth-order valence-corrected chi connectivity index (χ4v) is 1.88. The Kier molecular flexibility index (Phi) is 3.47. The Morgan fingerprint density at radius 3 is 2.61 bits per heavy atom. The van der Waals surface area contributed by atoms with Crippen LogP contribution in [0.3, 0.4) is 0 Å². The average Bonchev–Trinajstić information content (AvgIpc) is 2.57. The second-order valence-electron chi connectivity index (χ2n) is 3.99. The number of nitrogens with one attached hydrogen (secondary N) is 1. The average molecular weight is 309 g/mol. The predicted octanol–water partition coefficient (Wildman–Crippen LogP) is 2.45. The summed E-state index contributed by atoms with van der Waals surface area (Å²) in [5, 5.41) is 7.08. The van der Waals surface area contributed by atoms with Gasteiger partial charge < -0.3 is 5.32 Å². The smallest absolute Gasteiger partial charge is 0.274 e. The van der Waals surface area contributed by atoms with Crippen LogP contribution in [0.15, 0.2) is 22.8 Å². The van der Waals surface area contributed by atoms with Crippen molar-refractivity contribution in [3.8, 4) is 0 Å². The third-order valence-electron chi connectivity index (χ3n) is 2.71. The molecule has 2 rings (SSSR count). The minimum Gasteiger partial charge on any atom is -0.317 e. The summed E-state index contributed by atoms with van der Waals surface area (Å²) in [5.41, 5.74) is 2.83. The summed E-state index contributed by atoms with van der Waals surface area (Å²) in [6.45, 7) is 3.77. The summed E-state index contributed by atoms with van der Waals surface area (Å²) in [5.74, 6) is -0.235. The predicted molar refractivity (Wildman–Crippen MR) is 72.6 cm³/mol. The van der Waals surface area contributed by atoms with Crippen LogP contribution in [0.5, 0.6) is 0 Å². The number of halogens is 1. The number of hydrogen-bond donors (Lipinski definition) is 1. The molecule has 0 saturated carbocycles. The maximum atomic E-state index is 12.0. The first-order valence-corrected chi connectivity index (χ1v) is 6.21. The lowest BCUT2D eigenvalue weighted by Crippen LogP contribution is -2.14. The van der Waals surface area contributed by atoms with Crippen molar-refractivity contribution in [1.82, 2.24) is 14.8 Å². The number of pyridine rings is 1. The van der Waals surface area contributed by atoms with Gasteiger partial charge in [-0.2, -0.15) is 5.10 Å². The van der Waals surface area contributed by atoms with Gasteiger partial charge in [-0.05, 0) is 41.9 Å². The Balaban J connectivity index is 2.24. The van der Waals surface area contributed by atoms with Crippen molar-refractivity contribution in [2.75, 3.05) is 5.32 Å². The van der Waals surface area contributed by atoms with Gasteiger partial charge in [-0.25, -0.2) is 4.98 Å². The quantitative estimate of drug-likeness (QED) is 0.927. The monoisotopic (exact) mass is 308 g/mol. The molecule has 6 heteroatoms. The second kappa shape index (κ2) is 4.89. The molecule has 94 valence electrons. The van der Waals surface area contributed by atoms with E-state index in [4.69, 9.17) is 0 Å². The maximum Gasteiger partial charge on any atom is 0.274 e. The molecule has 0 aromatic carbocycles. The van der Waals surface area contributed by atoms with E-state index in [0.717, 1.165) is 21.5 Å². The van der Waals surface area contributed by atoms with Gasteiger partial charge in [0.15, 0.2) is 0 Å². The molecule has 0 radical (unpaired) electrons. The van der Waals surface area contributed by atoms with Crippen molar-refractivity contribution in [3.63, 3.8) is 0 Å². The molecule has 1 amide bonds. The zero-order valence-electron chi connectivity index (χ0n) is 10.4. The summed E-state index contributed by atoms with van der Waals surface area (Å²) in [4.78, 5) is 16.1. The van der Waals surface area contributed by atoms with Gasteiger partial charge in [0.05, 0.1) is 17.1 Å². The van der Waals surface area contributed by atoms with Crippen LogP contribution in [0, 0.1) is 13.8 Å². The number of nitrogens with zero attached hydrogens (tertiary/aromatic N) is 3. The molecule has 0 aliphatic rings. The Morgan fingerprint density at radius 1 is 1.39 bits per heavy atom. The van der Waals surface area contributed by atoms with Gasteiger partial charge in [-0.1, -0.05) is 0 Å². The van der Waals surface area contributed by atoms with Crippen LogP contribution >= 0.6 is 15.9 Å². The number of carbonyl (C=O) groups is 1. The van der Waals surface area contributed by atoms with Crippen LogP contribution < -0.4 is 5.32 Å². The molecular formula is C12H13BrN4O. The zero-order chi connectivity index (χ0) is 13.3. The van der Waals surface area contributed by atoms with Crippen molar-refractivity contribution in [1.29, 1.82) is 0 Å². The normalized spacial score (nSPS) is 10.4. The van der Waals surface area contributed by atoms with Gasteiger partial charge in [0.1, 0.15) is 5.69 Å². The molecule has 0 bridgehead atoms. The second-order valence-corrected chi connectivity index (χ2v) is 4.90. The van der Waals surface area contributed by atoms with Gasteiger partial charge in [-0.3, -0.25) is 9.48 Å². The molecule has 5 nitrogen and oxygen atoms in total. The number of aryl methyl sites for hydroxylation is 2. The van der Waals surface area contributed by atoms with Gasteiger partial charge in [0.25, 0.3) is 5.91 Å². The van der Waals surface area contributed by atoms with Crippen LogP contribution in [0.2, 0.25) is 0 Å². The summed E-state index contributed by atoms with van der Waals surface area (Å²) in [6.07, 6.45) is 1.60. The van der Waals surface area contributed by atoms with Crippen molar-refractivity contribution >= 4 is 27.5 Å². The summed E-state index contributed by atoms with van der Waals surface area (Å²) >= 11 is 3.28. The fourth-order valence-electron chi connectivity index (χ4n) is 1.64. The first-order chi connectivity index (χ1) is 8.49. The molecule has 2 heterocycles. The molecular weight excluding hydrogens is 296 g/mol. The van der Waals surface area contributed by atoms with Gasteiger partial charge in [0, 0.05) is 17.7 Å². The minimum atomic E-state index is -0.235. The van der Waals surface area contributed by atoms with Gasteiger partial charge >= 0.3 is 0 Å². The third-order valence-corrected chi connectivity index (χ3v) is 3.18. The molecule has 0 aliphatic heterocycles. The first kappa shape index (κ1) is 12.8. The highest BCUT2D eigenvalue weighted by Gasteiger charge is 2.14. The highest BCUT2D eigenvalue weighted by molar-refractivity contribution is 9.10. The topological polar surface area (TPSA) is 59.8 Å². The Hall–Kier alpha value is -1.69. The summed E-state index contributed by atoms with van der Waals surface area (Å²) in [7, 11) is 1.84. The SMILES string of the molecule is Cc1nn(C)c(C)c1NC(=O)c1ccc(Br)cn1. The molecule has 0 fully saturated rings. The number of carbonyl (C=O) groups excluding carboxylic acids is 1. The van der Waals surface area contributed by atoms with Gasteiger partial charge in [0.2, 0.25) is 0 Å². The largest absolute Gasteiger partial charge is 0.317 e. The minimum absolute atomic E-state index is 0.235. The van der Waals surface area contributed by atoms with Gasteiger partial charge in [-0.15, -0.1) is 0 Å². The van der Waals surface area contributed by atoms with E-state index >= 15 is 0 Å². The van der Waals surface area contributed by atoms with E-state index in [1.807, 2.05) is 20.9 Å². The highest BCUT2D eigenvalue weighted by Crippen LogP contribution is 2.19. The molecule has 0 spiro atoms. The molecule has 2 aromatic rings. The molecule has 0 aliphatic carbocycles. The van der Waals surface area contributed by atoms with E-state index in [2.05, 4.69) is 31.3 Å². The van der Waals surface area contributed by atoms with E-state index < -0.39 is 0 Å². The van der Waals surface area contributed by atoms with Crippen molar-refractivity contribution in [2.45, 2.75) is 13.8 Å². The Morgan fingerprint density at radius 2 is 2.11 bits per heavy atom. The molecule has 0 unspecified atom stereocenters. The molecule has 18 heavy (non-hydrogen) atoms. The maximum absolute atomic E-state index is 12.0. The lowest BCUT2D eigenvalue weighted by Gasteiger charge is -2.05. The lowest BCUT2D eigenvalue weighted by molar-refractivity contribution is 0.102. The first-order valence-electron chi connectivity index (χ1n) is 5.42. The van der Waals surface area contributed by atoms with Crippen molar-refractivity contribution < 1.29 is 4.79 Å². The van der Waals surface area contributed by atoms with Crippen LogP contribution in [-0.4, -0.2) is 20.7 Å². The van der Waals surface area contributed by atoms with Crippen LogP contribution in [0.4, 0.5) is 5.69 Å². The van der Waals surface area contributed by atoms with Crippen LogP contribution in [0.1, 0.15) is 21.9 Å². The fraction of sp³-hybridized carbons (Fsp3) is 0.250. The van der Waals surface area contributed by atoms with E-state index in [-0.39, 0.29) is 5.91 Å². The van der Waals surface area contributed by atoms with E-state index in [1.165, 1.54) is 0 Å². The van der Waals surface area contributed by atoms with Crippen molar-refractivity contribution in [2.24, 2.45) is 7.05 Å². The number of hydrogen-bond acceptors (Lipinski definition) is 3. The number of rotatable bonds is 2. The van der Waals surface area contributed by atoms with E-state index in [0.29, 0.717) is 5.69 Å². The molecule has 1 N–H and O–H groups in total. The summed E-state index contributed by atoms with van der Waals surface area (Å²) < 4.78 is 2.58. The molecule has 0 saturated heterocycles. The summed E-state index contributed by atoms with van der Waals surface area (Å²) in [6, 6.07) is 3.45. The highest BCUT2D eigenvalue weighted by atomic mass is 79.9.